The molecule has 0 spiro atoms. The Morgan fingerprint density at radius 2 is 1.79 bits per heavy atom. The fourth-order valence-corrected chi connectivity index (χ4v) is 2.73. The number of aromatic nitrogens is 2. The number of piperazine rings is 1. The Hall–Kier alpha value is -2.54. The summed E-state index contributed by atoms with van der Waals surface area (Å²) >= 11 is 0. The minimum Gasteiger partial charge on any atom is -0.338 e. The lowest BCUT2D eigenvalue weighted by Gasteiger charge is -2.37. The summed E-state index contributed by atoms with van der Waals surface area (Å²) < 4.78 is 13.6. The second kappa shape index (κ2) is 7.35. The second-order valence-corrected chi connectivity index (χ2v) is 5.72. The number of benzene rings is 1. The van der Waals surface area contributed by atoms with Crippen LogP contribution >= 0.6 is 0 Å². The van der Waals surface area contributed by atoms with Crippen LogP contribution in [0.1, 0.15) is 6.92 Å². The molecule has 1 aromatic heterocycles. The van der Waals surface area contributed by atoms with Crippen molar-refractivity contribution in [3.63, 3.8) is 0 Å². The highest BCUT2D eigenvalue weighted by Crippen LogP contribution is 2.15. The number of nitrogens with zero attached hydrogens (tertiary/aromatic N) is 4. The number of carbonyl (C=O) groups is 1. The first-order valence-electron chi connectivity index (χ1n) is 7.96. The first-order chi connectivity index (χ1) is 11.6. The van der Waals surface area contributed by atoms with Gasteiger partial charge in [0.05, 0.1) is 11.7 Å². The highest BCUT2D eigenvalue weighted by atomic mass is 19.1. The van der Waals surface area contributed by atoms with Gasteiger partial charge in [-0.3, -0.25) is 9.69 Å². The van der Waals surface area contributed by atoms with Crippen LogP contribution in [-0.2, 0) is 4.79 Å². The molecule has 2 aromatic rings. The van der Waals surface area contributed by atoms with Gasteiger partial charge in [-0.1, -0.05) is 12.1 Å². The van der Waals surface area contributed by atoms with E-state index in [0.717, 1.165) is 26.2 Å². The minimum atomic E-state index is -0.427. The van der Waals surface area contributed by atoms with Crippen LogP contribution in [0.2, 0.25) is 0 Å². The molecule has 7 heteroatoms. The maximum absolute atomic E-state index is 13.6. The first kappa shape index (κ1) is 16.3. The van der Waals surface area contributed by atoms with E-state index in [9.17, 15) is 9.18 Å². The number of rotatable bonds is 4. The van der Waals surface area contributed by atoms with Gasteiger partial charge in [0.2, 0.25) is 11.9 Å². The lowest BCUT2D eigenvalue weighted by molar-refractivity contribution is -0.120. The molecule has 3 rings (SSSR count). The highest BCUT2D eigenvalue weighted by Gasteiger charge is 2.26. The summed E-state index contributed by atoms with van der Waals surface area (Å²) in [6, 6.07) is 7.64. The number of amides is 1. The van der Waals surface area contributed by atoms with Crippen LogP contribution in [-0.4, -0.2) is 53.0 Å². The first-order valence-corrected chi connectivity index (χ1v) is 7.96. The SMILES string of the molecule is CC(C(=O)Nc1ccccc1F)N1CCN(c2ncccn2)CC1. The molecule has 0 bridgehead atoms. The number of para-hydroxylation sites is 1. The maximum Gasteiger partial charge on any atom is 0.241 e. The Bertz CT molecular complexity index is 688. The van der Waals surface area contributed by atoms with Crippen molar-refractivity contribution in [3.8, 4) is 0 Å². The fraction of sp³-hybridized carbons (Fsp3) is 0.353. The van der Waals surface area contributed by atoms with E-state index in [1.54, 1.807) is 36.7 Å². The molecule has 1 aliphatic rings. The van der Waals surface area contributed by atoms with Crippen molar-refractivity contribution in [2.45, 2.75) is 13.0 Å². The molecular weight excluding hydrogens is 309 g/mol. The summed E-state index contributed by atoms with van der Waals surface area (Å²) in [5.41, 5.74) is 0.214. The van der Waals surface area contributed by atoms with Crippen molar-refractivity contribution < 1.29 is 9.18 Å². The van der Waals surface area contributed by atoms with Gasteiger partial charge < -0.3 is 10.2 Å². The van der Waals surface area contributed by atoms with Gasteiger partial charge in [-0.25, -0.2) is 14.4 Å². The molecule has 1 N–H and O–H groups in total. The van der Waals surface area contributed by atoms with E-state index in [1.165, 1.54) is 6.07 Å². The van der Waals surface area contributed by atoms with Gasteiger partial charge in [-0.2, -0.15) is 0 Å². The molecule has 24 heavy (non-hydrogen) atoms. The van der Waals surface area contributed by atoms with Crippen LogP contribution in [0.25, 0.3) is 0 Å². The molecule has 1 amide bonds. The van der Waals surface area contributed by atoms with Gasteiger partial charge in [0.25, 0.3) is 0 Å². The van der Waals surface area contributed by atoms with E-state index in [2.05, 4.69) is 25.1 Å². The summed E-state index contributed by atoms with van der Waals surface area (Å²) in [6.07, 6.45) is 3.44. The molecule has 0 radical (unpaired) electrons. The Balaban J connectivity index is 1.56. The molecule has 2 heterocycles. The van der Waals surface area contributed by atoms with Crippen molar-refractivity contribution in [3.05, 3.63) is 48.5 Å². The lowest BCUT2D eigenvalue weighted by atomic mass is 10.2. The molecule has 126 valence electrons. The predicted octanol–water partition coefficient (Wildman–Crippen LogP) is 1.76. The van der Waals surface area contributed by atoms with Gasteiger partial charge in [0.15, 0.2) is 0 Å². The quantitative estimate of drug-likeness (QED) is 0.926. The second-order valence-electron chi connectivity index (χ2n) is 5.72. The third-order valence-corrected chi connectivity index (χ3v) is 4.21. The summed E-state index contributed by atoms with van der Waals surface area (Å²) in [4.78, 5) is 25.0. The molecule has 0 aliphatic carbocycles. The lowest BCUT2D eigenvalue weighted by Crippen LogP contribution is -2.53. The number of halogens is 1. The number of hydrogen-bond donors (Lipinski definition) is 1. The largest absolute Gasteiger partial charge is 0.338 e. The number of anilines is 2. The Morgan fingerprint density at radius 3 is 2.46 bits per heavy atom. The standard InChI is InChI=1S/C17H20FN5O/c1-13(16(24)21-15-6-3-2-5-14(15)18)22-9-11-23(12-10-22)17-19-7-4-8-20-17/h2-8,13H,9-12H2,1H3,(H,21,24). The van der Waals surface area contributed by atoms with Gasteiger partial charge in [0.1, 0.15) is 5.82 Å². The van der Waals surface area contributed by atoms with Crippen LogP contribution in [0, 0.1) is 5.82 Å². The van der Waals surface area contributed by atoms with Crippen molar-refractivity contribution >= 4 is 17.5 Å². The van der Waals surface area contributed by atoms with Gasteiger partial charge in [0, 0.05) is 38.6 Å². The zero-order valence-corrected chi connectivity index (χ0v) is 13.5. The molecule has 1 aromatic carbocycles. The van der Waals surface area contributed by atoms with Gasteiger partial charge >= 0.3 is 0 Å². The van der Waals surface area contributed by atoms with E-state index in [0.29, 0.717) is 5.95 Å². The van der Waals surface area contributed by atoms with E-state index in [1.807, 2.05) is 6.92 Å². The fourth-order valence-electron chi connectivity index (χ4n) is 2.73. The van der Waals surface area contributed by atoms with E-state index in [-0.39, 0.29) is 17.6 Å². The Labute approximate surface area is 140 Å². The normalized spacial score (nSPS) is 16.7. The van der Waals surface area contributed by atoms with Crippen LogP contribution < -0.4 is 10.2 Å². The maximum atomic E-state index is 13.6. The van der Waals surface area contributed by atoms with Crippen LogP contribution in [0.3, 0.4) is 0 Å². The molecule has 1 saturated heterocycles. The van der Waals surface area contributed by atoms with Crippen LogP contribution in [0.4, 0.5) is 16.0 Å². The molecule has 1 fully saturated rings. The monoisotopic (exact) mass is 329 g/mol. The molecule has 0 saturated carbocycles. The third-order valence-electron chi connectivity index (χ3n) is 4.21. The van der Waals surface area contributed by atoms with Crippen molar-refractivity contribution in [2.24, 2.45) is 0 Å². The number of hydrogen-bond acceptors (Lipinski definition) is 5. The Morgan fingerprint density at radius 1 is 1.12 bits per heavy atom. The third kappa shape index (κ3) is 3.68. The Kier molecular flexibility index (Phi) is 5.00. The van der Waals surface area contributed by atoms with Gasteiger partial charge in [-0.05, 0) is 25.1 Å². The predicted molar refractivity (Wildman–Crippen MR) is 90.3 cm³/mol. The van der Waals surface area contributed by atoms with Crippen LogP contribution in [0.5, 0.6) is 0 Å². The van der Waals surface area contributed by atoms with E-state index < -0.39 is 5.82 Å². The summed E-state index contributed by atoms with van der Waals surface area (Å²) in [5, 5.41) is 2.66. The van der Waals surface area contributed by atoms with Crippen molar-refractivity contribution in [1.82, 2.24) is 14.9 Å². The number of carbonyl (C=O) groups excluding carboxylic acids is 1. The highest BCUT2D eigenvalue weighted by molar-refractivity contribution is 5.94. The van der Waals surface area contributed by atoms with Crippen LogP contribution in [0.15, 0.2) is 42.7 Å². The van der Waals surface area contributed by atoms with Crippen molar-refractivity contribution in [1.29, 1.82) is 0 Å². The summed E-state index contributed by atoms with van der Waals surface area (Å²) in [7, 11) is 0. The number of nitrogens with one attached hydrogen (secondary N) is 1. The molecule has 1 atom stereocenters. The van der Waals surface area contributed by atoms with E-state index in [4.69, 9.17) is 0 Å². The topological polar surface area (TPSA) is 61.4 Å². The smallest absolute Gasteiger partial charge is 0.241 e. The zero-order valence-electron chi connectivity index (χ0n) is 13.5. The average Bonchev–Trinajstić information content (AvgIpc) is 2.64. The zero-order chi connectivity index (χ0) is 16.9. The van der Waals surface area contributed by atoms with E-state index >= 15 is 0 Å². The van der Waals surface area contributed by atoms with Gasteiger partial charge in [-0.15, -0.1) is 0 Å². The molecule has 1 unspecified atom stereocenters. The minimum absolute atomic E-state index is 0.204. The molecule has 6 nitrogen and oxygen atoms in total. The van der Waals surface area contributed by atoms with Crippen molar-refractivity contribution in [2.75, 3.05) is 36.4 Å². The average molecular weight is 329 g/mol. The summed E-state index contributed by atoms with van der Waals surface area (Å²) in [6.45, 7) is 4.79. The summed E-state index contributed by atoms with van der Waals surface area (Å²) in [5.74, 6) is 0.0780. The molecule has 1 aliphatic heterocycles. The molecular formula is C17H20FN5O.